The fraction of sp³-hybridized carbons (Fsp3) is 0.167. The summed E-state index contributed by atoms with van der Waals surface area (Å²) in [4.78, 5) is 29.3. The van der Waals surface area contributed by atoms with Crippen molar-refractivity contribution in [1.29, 1.82) is 0 Å². The predicted molar refractivity (Wildman–Crippen MR) is 105 cm³/mol. The highest BCUT2D eigenvalue weighted by Gasteiger charge is 2.22. The van der Waals surface area contributed by atoms with E-state index in [0.717, 1.165) is 11.3 Å². The molecule has 0 amide bonds. The first-order valence-electron chi connectivity index (χ1n) is 8.24. The van der Waals surface area contributed by atoms with Gasteiger partial charge in [-0.05, 0) is 24.3 Å². The summed E-state index contributed by atoms with van der Waals surface area (Å²) in [6.45, 7) is 0. The maximum Gasteiger partial charge on any atom is 0.345 e. The Morgan fingerprint density at radius 2 is 2.29 bits per heavy atom. The van der Waals surface area contributed by atoms with Gasteiger partial charge in [0.2, 0.25) is 0 Å². The summed E-state index contributed by atoms with van der Waals surface area (Å²) in [5.74, 6) is -0.283. The number of halogens is 2. The molecule has 7 nitrogen and oxygen atoms in total. The molecule has 1 N–H and O–H groups in total. The van der Waals surface area contributed by atoms with E-state index in [-0.39, 0.29) is 17.2 Å². The summed E-state index contributed by atoms with van der Waals surface area (Å²) in [6, 6.07) is 3.25. The van der Waals surface area contributed by atoms with Crippen LogP contribution in [0, 0.1) is 0 Å². The number of rotatable bonds is 4. The van der Waals surface area contributed by atoms with Gasteiger partial charge in [-0.15, -0.1) is 22.9 Å². The van der Waals surface area contributed by atoms with E-state index in [2.05, 4.69) is 19.9 Å². The first-order chi connectivity index (χ1) is 13.5. The van der Waals surface area contributed by atoms with Gasteiger partial charge in [-0.1, -0.05) is 0 Å². The molecule has 3 aromatic rings. The number of aliphatic imine (C=N–C) groups is 1. The number of thiophene rings is 1. The average Bonchev–Trinajstić information content (AvgIpc) is 3.36. The van der Waals surface area contributed by atoms with Gasteiger partial charge in [0, 0.05) is 35.6 Å². The largest absolute Gasteiger partial charge is 0.477 e. The Bertz CT molecular complexity index is 1080. The van der Waals surface area contributed by atoms with Gasteiger partial charge >= 0.3 is 5.97 Å². The van der Waals surface area contributed by atoms with Gasteiger partial charge in [-0.3, -0.25) is 4.57 Å². The molecule has 0 aromatic carbocycles. The Balaban J connectivity index is 1.76. The first kappa shape index (κ1) is 18.5. The monoisotopic (exact) mass is 417 g/mol. The lowest BCUT2D eigenvalue weighted by Crippen LogP contribution is -2.21. The zero-order valence-corrected chi connectivity index (χ0v) is 15.8. The minimum absolute atomic E-state index is 0.197. The van der Waals surface area contributed by atoms with E-state index in [0.29, 0.717) is 22.0 Å². The number of aromatic nitrogens is 4. The number of imidazole rings is 1. The molecule has 10 heteroatoms. The van der Waals surface area contributed by atoms with Gasteiger partial charge in [0.05, 0.1) is 10.9 Å². The number of hydrogen-bond donors (Lipinski definition) is 1. The van der Waals surface area contributed by atoms with Gasteiger partial charge in [-0.2, -0.15) is 4.98 Å². The number of nitrogens with zero attached hydrogens (tertiary/aromatic N) is 5. The highest BCUT2D eigenvalue weighted by molar-refractivity contribution is 7.17. The summed E-state index contributed by atoms with van der Waals surface area (Å²) in [5.41, 5.74) is 1.24. The first-order valence-corrected chi connectivity index (χ1v) is 9.49. The van der Waals surface area contributed by atoms with Gasteiger partial charge in [0.1, 0.15) is 17.4 Å². The van der Waals surface area contributed by atoms with Crippen LogP contribution >= 0.6 is 22.9 Å². The van der Waals surface area contributed by atoms with Crippen molar-refractivity contribution >= 4 is 40.6 Å². The van der Waals surface area contributed by atoms with E-state index >= 15 is 0 Å². The number of allylic oxidation sites excluding steroid dienone is 2. The molecule has 0 bridgehead atoms. The van der Waals surface area contributed by atoms with Crippen molar-refractivity contribution in [2.45, 2.75) is 18.0 Å². The van der Waals surface area contributed by atoms with Crippen molar-refractivity contribution in [2.75, 3.05) is 0 Å². The fourth-order valence-electron chi connectivity index (χ4n) is 2.69. The van der Waals surface area contributed by atoms with Gasteiger partial charge < -0.3 is 5.11 Å². The maximum atomic E-state index is 13.5. The lowest BCUT2D eigenvalue weighted by atomic mass is 10.0. The molecule has 0 aliphatic heterocycles. The Kier molecular flexibility index (Phi) is 5.01. The van der Waals surface area contributed by atoms with E-state index < -0.39 is 17.5 Å². The highest BCUT2D eigenvalue weighted by atomic mass is 35.5. The van der Waals surface area contributed by atoms with Crippen molar-refractivity contribution in [2.24, 2.45) is 4.99 Å². The molecule has 0 saturated heterocycles. The summed E-state index contributed by atoms with van der Waals surface area (Å²) in [7, 11) is 0. The van der Waals surface area contributed by atoms with Gasteiger partial charge in [0.25, 0.3) is 5.95 Å². The second-order valence-corrected chi connectivity index (χ2v) is 7.62. The maximum absolute atomic E-state index is 13.5. The van der Waals surface area contributed by atoms with Crippen LogP contribution in [0.15, 0.2) is 54.2 Å². The standard InChI is InChI=1S/C18H13ClFN5O2S/c19-12-7-10(1-2-13(12)20)23-18-22-8-11(14-3-4-15(28-14)17(26)27)16(24-18)25-6-5-21-9-25/h1-6,8-9,12-13H,7H2,(H,26,27). The number of aromatic carboxylic acids is 1. The van der Waals surface area contributed by atoms with Crippen molar-refractivity contribution < 1.29 is 14.3 Å². The van der Waals surface area contributed by atoms with Crippen LogP contribution in [0.25, 0.3) is 16.3 Å². The van der Waals surface area contributed by atoms with Crippen LogP contribution in [0.3, 0.4) is 0 Å². The molecule has 28 heavy (non-hydrogen) atoms. The SMILES string of the molecule is O=C(O)c1ccc(-c2cnc(N=C3C=CC(F)C(Cl)C3)nc2-n2ccnc2)s1. The number of carboxylic acids is 1. The normalized spacial score (nSPS) is 20.6. The third kappa shape index (κ3) is 3.71. The molecule has 3 aromatic heterocycles. The van der Waals surface area contributed by atoms with Crippen LogP contribution in [0.5, 0.6) is 0 Å². The summed E-state index contributed by atoms with van der Waals surface area (Å²) < 4.78 is 15.2. The molecule has 142 valence electrons. The lowest BCUT2D eigenvalue weighted by molar-refractivity contribution is 0.0702. The topological polar surface area (TPSA) is 93.3 Å². The van der Waals surface area contributed by atoms with Crippen molar-refractivity contribution in [3.63, 3.8) is 0 Å². The van der Waals surface area contributed by atoms with E-state index in [4.69, 9.17) is 16.7 Å². The second kappa shape index (κ2) is 7.61. The molecule has 3 heterocycles. The zero-order valence-electron chi connectivity index (χ0n) is 14.2. The molecule has 0 spiro atoms. The van der Waals surface area contributed by atoms with Crippen LogP contribution < -0.4 is 0 Å². The van der Waals surface area contributed by atoms with Gasteiger partial charge in [-0.25, -0.2) is 24.1 Å². The van der Waals surface area contributed by atoms with E-state index in [1.165, 1.54) is 12.1 Å². The molecule has 0 fully saturated rings. The molecule has 2 unspecified atom stereocenters. The fourth-order valence-corrected chi connectivity index (χ4v) is 3.78. The average molecular weight is 418 g/mol. The van der Waals surface area contributed by atoms with Crippen LogP contribution in [0.2, 0.25) is 0 Å². The number of carboxylic acid groups (broad SMARTS) is 1. The van der Waals surface area contributed by atoms with Crippen LogP contribution in [0.1, 0.15) is 16.1 Å². The minimum atomic E-state index is -1.20. The van der Waals surface area contributed by atoms with E-state index in [1.54, 1.807) is 41.6 Å². The minimum Gasteiger partial charge on any atom is -0.477 e. The molecule has 0 saturated carbocycles. The Morgan fingerprint density at radius 3 is 2.96 bits per heavy atom. The molecule has 4 rings (SSSR count). The van der Waals surface area contributed by atoms with Crippen molar-refractivity contribution in [3.8, 4) is 16.3 Å². The number of alkyl halides is 2. The molecular weight excluding hydrogens is 405 g/mol. The van der Waals surface area contributed by atoms with E-state index in [9.17, 15) is 9.18 Å². The Morgan fingerprint density at radius 1 is 1.43 bits per heavy atom. The third-order valence-corrected chi connectivity index (χ3v) is 5.55. The van der Waals surface area contributed by atoms with Crippen LogP contribution in [-0.2, 0) is 0 Å². The summed E-state index contributed by atoms with van der Waals surface area (Å²) >= 11 is 7.10. The Hall–Kier alpha value is -2.91. The molecule has 2 atom stereocenters. The quantitative estimate of drug-likeness (QED) is 0.646. The second-order valence-electron chi connectivity index (χ2n) is 5.97. The van der Waals surface area contributed by atoms with Crippen molar-refractivity contribution in [3.05, 3.63) is 54.1 Å². The lowest BCUT2D eigenvalue weighted by Gasteiger charge is -2.16. The Labute approximate surface area is 167 Å². The predicted octanol–water partition coefficient (Wildman–Crippen LogP) is 4.07. The summed E-state index contributed by atoms with van der Waals surface area (Å²) in [5, 5.41) is 8.50. The number of hydrogen-bond acceptors (Lipinski definition) is 6. The van der Waals surface area contributed by atoms with Gasteiger partial charge in [0.15, 0.2) is 5.82 Å². The summed E-state index contributed by atoms with van der Waals surface area (Å²) in [6.07, 6.45) is 8.51. The van der Waals surface area contributed by atoms with E-state index in [1.807, 2.05) is 0 Å². The third-order valence-electron chi connectivity index (χ3n) is 4.05. The van der Waals surface area contributed by atoms with Crippen LogP contribution in [0.4, 0.5) is 10.3 Å². The highest BCUT2D eigenvalue weighted by Crippen LogP contribution is 2.32. The smallest absolute Gasteiger partial charge is 0.345 e. The molecule has 0 radical (unpaired) electrons. The molecule has 1 aliphatic rings. The molecular formula is C18H13ClFN5O2S. The van der Waals surface area contributed by atoms with Crippen molar-refractivity contribution in [1.82, 2.24) is 19.5 Å². The zero-order chi connectivity index (χ0) is 19.7. The molecule has 1 aliphatic carbocycles. The number of carbonyl (C=O) groups is 1. The van der Waals surface area contributed by atoms with Crippen LogP contribution in [-0.4, -0.2) is 47.9 Å².